The molecule has 16 heavy (non-hydrogen) atoms. The second kappa shape index (κ2) is 5.56. The van der Waals surface area contributed by atoms with Crippen LogP contribution in [0.15, 0.2) is 23.1 Å². The van der Waals surface area contributed by atoms with Gasteiger partial charge in [0.15, 0.2) is 0 Å². The smallest absolute Gasteiger partial charge is 0.210 e. The molecule has 7 heteroatoms. The van der Waals surface area contributed by atoms with E-state index in [4.69, 9.17) is 34.8 Å². The Morgan fingerprint density at radius 2 is 1.94 bits per heavy atom. The summed E-state index contributed by atoms with van der Waals surface area (Å²) in [7, 11) is -3.57. The van der Waals surface area contributed by atoms with E-state index in [2.05, 4.69) is 4.72 Å². The van der Waals surface area contributed by atoms with Gasteiger partial charge < -0.3 is 0 Å². The summed E-state index contributed by atoms with van der Waals surface area (Å²) in [6, 6.07) is 4.11. The van der Waals surface area contributed by atoms with Crippen molar-refractivity contribution in [2.24, 2.45) is 0 Å². The van der Waals surface area contributed by atoms with Crippen molar-refractivity contribution in [2.45, 2.75) is 17.2 Å². The van der Waals surface area contributed by atoms with Crippen molar-refractivity contribution in [3.8, 4) is 0 Å². The van der Waals surface area contributed by atoms with Gasteiger partial charge in [0, 0.05) is 11.9 Å². The Kier molecular flexibility index (Phi) is 4.88. The minimum absolute atomic E-state index is 0.0687. The van der Waals surface area contributed by atoms with Crippen LogP contribution in [0.4, 0.5) is 0 Å². The van der Waals surface area contributed by atoms with Gasteiger partial charge in [0.25, 0.3) is 0 Å². The summed E-state index contributed by atoms with van der Waals surface area (Å²) >= 11 is 17.1. The number of nitrogens with one attached hydrogen (secondary N) is 1. The van der Waals surface area contributed by atoms with Gasteiger partial charge in [-0.1, -0.05) is 23.2 Å². The first-order chi connectivity index (χ1) is 7.33. The van der Waals surface area contributed by atoms with E-state index in [-0.39, 0.29) is 21.8 Å². The maximum atomic E-state index is 11.7. The second-order valence-corrected chi connectivity index (χ2v) is 6.53. The Morgan fingerprint density at radius 1 is 1.31 bits per heavy atom. The van der Waals surface area contributed by atoms with Crippen molar-refractivity contribution in [3.05, 3.63) is 28.2 Å². The van der Waals surface area contributed by atoms with Crippen LogP contribution < -0.4 is 4.72 Å². The molecule has 0 aliphatic heterocycles. The van der Waals surface area contributed by atoms with Gasteiger partial charge in [0.05, 0.1) is 14.9 Å². The molecule has 0 heterocycles. The number of hydrogen-bond acceptors (Lipinski definition) is 2. The van der Waals surface area contributed by atoms with Crippen LogP contribution in [0.5, 0.6) is 0 Å². The van der Waals surface area contributed by atoms with Gasteiger partial charge in [-0.25, -0.2) is 13.1 Å². The number of halogens is 3. The summed E-state index contributed by atoms with van der Waals surface area (Å²) in [5.74, 6) is 0. The predicted molar refractivity (Wildman–Crippen MR) is 67.0 cm³/mol. The Labute approximate surface area is 110 Å². The molecule has 1 atom stereocenters. The van der Waals surface area contributed by atoms with E-state index in [0.29, 0.717) is 5.02 Å². The van der Waals surface area contributed by atoms with Gasteiger partial charge in [-0.15, -0.1) is 11.6 Å². The fraction of sp³-hybridized carbons (Fsp3) is 0.333. The normalized spacial score (nSPS) is 13.8. The molecule has 1 aromatic carbocycles. The van der Waals surface area contributed by atoms with E-state index in [1.807, 2.05) is 0 Å². The summed E-state index contributed by atoms with van der Waals surface area (Å²) in [4.78, 5) is 0.0687. The molecule has 0 aliphatic rings. The molecule has 1 N–H and O–H groups in total. The lowest BCUT2D eigenvalue weighted by molar-refractivity contribution is 0.581. The third-order valence-electron chi connectivity index (χ3n) is 1.76. The maximum absolute atomic E-state index is 11.7. The van der Waals surface area contributed by atoms with Crippen molar-refractivity contribution in [2.75, 3.05) is 6.54 Å². The Balaban J connectivity index is 2.94. The van der Waals surface area contributed by atoms with Crippen LogP contribution in [0.1, 0.15) is 6.92 Å². The molecule has 0 saturated carbocycles. The topological polar surface area (TPSA) is 46.2 Å². The summed E-state index contributed by atoms with van der Waals surface area (Å²) in [5.41, 5.74) is 0. The van der Waals surface area contributed by atoms with Gasteiger partial charge in [-0.3, -0.25) is 0 Å². The van der Waals surface area contributed by atoms with E-state index in [9.17, 15) is 8.42 Å². The third-order valence-corrected chi connectivity index (χ3v) is 4.07. The lowest BCUT2D eigenvalue weighted by Gasteiger charge is -2.08. The van der Waals surface area contributed by atoms with E-state index < -0.39 is 10.0 Å². The van der Waals surface area contributed by atoms with Crippen LogP contribution >= 0.6 is 34.8 Å². The van der Waals surface area contributed by atoms with E-state index in [1.54, 1.807) is 6.92 Å². The monoisotopic (exact) mass is 301 g/mol. The van der Waals surface area contributed by atoms with E-state index in [1.165, 1.54) is 18.2 Å². The van der Waals surface area contributed by atoms with Gasteiger partial charge in [-0.05, 0) is 25.1 Å². The highest BCUT2D eigenvalue weighted by molar-refractivity contribution is 7.89. The zero-order valence-corrected chi connectivity index (χ0v) is 11.5. The average Bonchev–Trinajstić information content (AvgIpc) is 2.19. The lowest BCUT2D eigenvalue weighted by Crippen LogP contribution is -2.28. The van der Waals surface area contributed by atoms with Crippen LogP contribution in [-0.4, -0.2) is 20.3 Å². The van der Waals surface area contributed by atoms with Gasteiger partial charge in [-0.2, -0.15) is 0 Å². The highest BCUT2D eigenvalue weighted by Gasteiger charge is 2.15. The van der Waals surface area contributed by atoms with E-state index in [0.717, 1.165) is 0 Å². The summed E-state index contributed by atoms with van der Waals surface area (Å²) in [5, 5.41) is 0.229. The molecule has 1 rings (SSSR count). The van der Waals surface area contributed by atoms with Crippen LogP contribution in [0, 0.1) is 0 Å². The molecule has 0 aromatic heterocycles. The fourth-order valence-electron chi connectivity index (χ4n) is 0.952. The Bertz CT molecular complexity index is 474. The van der Waals surface area contributed by atoms with Crippen molar-refractivity contribution >= 4 is 44.8 Å². The largest absolute Gasteiger partial charge is 0.240 e. The molecule has 90 valence electrons. The number of benzene rings is 1. The summed E-state index contributed by atoms with van der Waals surface area (Å²) < 4.78 is 25.8. The van der Waals surface area contributed by atoms with Gasteiger partial charge >= 0.3 is 0 Å². The summed E-state index contributed by atoms with van der Waals surface area (Å²) in [6.45, 7) is 1.85. The molecule has 0 fully saturated rings. The molecular weight excluding hydrogens is 293 g/mol. The molecule has 1 aromatic rings. The highest BCUT2D eigenvalue weighted by Crippen LogP contribution is 2.24. The molecule has 3 nitrogen and oxygen atoms in total. The Hall–Kier alpha value is -0.000000000000000111. The number of sulfonamides is 1. The van der Waals surface area contributed by atoms with Crippen LogP contribution in [0.3, 0.4) is 0 Å². The zero-order valence-electron chi connectivity index (χ0n) is 8.38. The van der Waals surface area contributed by atoms with Crippen LogP contribution in [-0.2, 0) is 10.0 Å². The predicted octanol–water partition coefficient (Wildman–Crippen LogP) is 2.90. The molecule has 0 amide bonds. The van der Waals surface area contributed by atoms with Crippen molar-refractivity contribution in [1.29, 1.82) is 0 Å². The minimum atomic E-state index is -3.57. The van der Waals surface area contributed by atoms with Crippen molar-refractivity contribution in [1.82, 2.24) is 4.72 Å². The lowest BCUT2D eigenvalue weighted by atomic mass is 10.4. The first kappa shape index (κ1) is 14.1. The van der Waals surface area contributed by atoms with Crippen LogP contribution in [0.2, 0.25) is 10.0 Å². The van der Waals surface area contributed by atoms with Crippen LogP contribution in [0.25, 0.3) is 0 Å². The molecule has 0 saturated heterocycles. The molecule has 0 radical (unpaired) electrons. The van der Waals surface area contributed by atoms with Gasteiger partial charge in [0.2, 0.25) is 10.0 Å². The number of alkyl halides is 1. The van der Waals surface area contributed by atoms with Gasteiger partial charge in [0.1, 0.15) is 0 Å². The molecule has 0 aliphatic carbocycles. The first-order valence-corrected chi connectivity index (χ1v) is 7.09. The second-order valence-electron chi connectivity index (χ2n) is 3.21. The first-order valence-electron chi connectivity index (χ1n) is 4.41. The molecule has 0 bridgehead atoms. The Morgan fingerprint density at radius 3 is 2.44 bits per heavy atom. The zero-order chi connectivity index (χ0) is 12.3. The third kappa shape index (κ3) is 3.79. The number of rotatable bonds is 4. The minimum Gasteiger partial charge on any atom is -0.210 e. The number of hydrogen-bond donors (Lipinski definition) is 1. The van der Waals surface area contributed by atoms with Crippen molar-refractivity contribution in [3.63, 3.8) is 0 Å². The summed E-state index contributed by atoms with van der Waals surface area (Å²) in [6.07, 6.45) is 0. The fourth-order valence-corrected chi connectivity index (χ4v) is 2.64. The molecule has 0 spiro atoms. The van der Waals surface area contributed by atoms with E-state index >= 15 is 0 Å². The van der Waals surface area contributed by atoms with Crippen molar-refractivity contribution < 1.29 is 8.42 Å². The molecule has 1 unspecified atom stereocenters. The highest BCUT2D eigenvalue weighted by atomic mass is 35.5. The SMILES string of the molecule is CC(Cl)CNS(=O)(=O)c1ccc(Cl)c(Cl)c1. The quantitative estimate of drug-likeness (QED) is 0.869. The standard InChI is InChI=1S/C9H10Cl3NO2S/c1-6(10)5-13-16(14,15)7-2-3-8(11)9(12)4-7/h2-4,6,13H,5H2,1H3. The molecular formula is C9H10Cl3NO2S. The average molecular weight is 303 g/mol. The maximum Gasteiger partial charge on any atom is 0.240 e.